The normalized spacial score (nSPS) is 13.6. The van der Waals surface area contributed by atoms with Crippen molar-refractivity contribution in [2.75, 3.05) is 20.1 Å². The molecule has 0 aliphatic rings. The molecule has 0 aliphatic carbocycles. The van der Waals surface area contributed by atoms with Crippen LogP contribution in [0.25, 0.3) is 0 Å². The fourth-order valence-electron chi connectivity index (χ4n) is 1.07. The molecule has 0 saturated heterocycles. The predicted molar refractivity (Wildman–Crippen MR) is 57.2 cm³/mol. The van der Waals surface area contributed by atoms with E-state index in [4.69, 9.17) is 10.8 Å². The van der Waals surface area contributed by atoms with Crippen LogP contribution in [0.1, 0.15) is 26.7 Å². The van der Waals surface area contributed by atoms with E-state index in [2.05, 4.69) is 18.7 Å². The van der Waals surface area contributed by atoms with Gasteiger partial charge in [-0.15, -0.1) is 0 Å². The van der Waals surface area contributed by atoms with Gasteiger partial charge < -0.3 is 15.7 Å². The molecule has 0 heterocycles. The Balaban J connectivity index is 3.53. The number of carbonyl (C=O) groups is 1. The molecule has 0 aliphatic heterocycles. The lowest BCUT2D eigenvalue weighted by Crippen LogP contribution is -2.34. The number of hydrogen-bond acceptors (Lipinski definition) is 3. The highest BCUT2D eigenvalue weighted by Gasteiger charge is 2.11. The van der Waals surface area contributed by atoms with E-state index >= 15 is 0 Å². The van der Waals surface area contributed by atoms with Gasteiger partial charge in [0.25, 0.3) is 0 Å². The van der Waals surface area contributed by atoms with Crippen LogP contribution in [0.15, 0.2) is 0 Å². The van der Waals surface area contributed by atoms with E-state index in [1.807, 2.05) is 7.05 Å². The lowest BCUT2D eigenvalue weighted by Gasteiger charge is -2.18. The quantitative estimate of drug-likeness (QED) is 0.640. The Labute approximate surface area is 86.1 Å². The number of nitrogens with two attached hydrogens (primary N) is 1. The Bertz CT molecular complexity index is 172. The van der Waals surface area contributed by atoms with E-state index in [1.54, 1.807) is 0 Å². The highest BCUT2D eigenvalue weighted by atomic mass is 16.4. The molecule has 0 saturated carbocycles. The predicted octanol–water partition coefficient (Wildman–Crippen LogP) is 0.766. The molecule has 4 nitrogen and oxygen atoms in total. The molecule has 3 N–H and O–H groups in total. The van der Waals surface area contributed by atoms with Crippen LogP contribution in [-0.4, -0.2) is 42.2 Å². The Morgan fingerprint density at radius 3 is 2.29 bits per heavy atom. The summed E-state index contributed by atoms with van der Waals surface area (Å²) < 4.78 is 0. The van der Waals surface area contributed by atoms with Crippen molar-refractivity contribution in [1.29, 1.82) is 0 Å². The average molecular weight is 202 g/mol. The van der Waals surface area contributed by atoms with Crippen molar-refractivity contribution < 1.29 is 9.90 Å². The summed E-state index contributed by atoms with van der Waals surface area (Å²) in [7, 11) is 2.00. The van der Waals surface area contributed by atoms with Crippen molar-refractivity contribution in [2.45, 2.75) is 32.7 Å². The lowest BCUT2D eigenvalue weighted by molar-refractivity contribution is -0.138. The molecule has 0 spiro atoms. The lowest BCUT2D eigenvalue weighted by atomic mass is 10.1. The van der Waals surface area contributed by atoms with E-state index in [0.29, 0.717) is 12.3 Å². The first-order valence-electron chi connectivity index (χ1n) is 5.10. The monoisotopic (exact) mass is 202 g/mol. The number of aliphatic carboxylic acids is 1. The van der Waals surface area contributed by atoms with Gasteiger partial charge >= 0.3 is 5.97 Å². The fraction of sp³-hybridized carbons (Fsp3) is 0.900. The second-order valence-corrected chi connectivity index (χ2v) is 4.22. The summed E-state index contributed by atoms with van der Waals surface area (Å²) in [5, 5.41) is 8.57. The highest BCUT2D eigenvalue weighted by Crippen LogP contribution is 2.01. The summed E-state index contributed by atoms with van der Waals surface area (Å²) >= 11 is 0. The zero-order valence-corrected chi connectivity index (χ0v) is 9.36. The first-order valence-corrected chi connectivity index (χ1v) is 5.10. The maximum Gasteiger partial charge on any atom is 0.320 e. The van der Waals surface area contributed by atoms with Gasteiger partial charge in [0.05, 0.1) is 0 Å². The summed E-state index contributed by atoms with van der Waals surface area (Å²) in [6, 6.07) is -0.725. The standard InChI is InChI=1S/C10H22N2O2/c1-8(2)4-6-12(3)7-5-9(11)10(13)14/h8-9H,4-7,11H2,1-3H3,(H,13,14). The third-order valence-electron chi connectivity index (χ3n) is 2.23. The van der Waals surface area contributed by atoms with Crippen LogP contribution in [-0.2, 0) is 4.79 Å². The van der Waals surface area contributed by atoms with Crippen LogP contribution in [0.4, 0.5) is 0 Å². The van der Waals surface area contributed by atoms with Gasteiger partial charge in [-0.05, 0) is 38.9 Å². The highest BCUT2D eigenvalue weighted by molar-refractivity contribution is 5.72. The third-order valence-corrected chi connectivity index (χ3v) is 2.23. The third kappa shape index (κ3) is 6.86. The van der Waals surface area contributed by atoms with Gasteiger partial charge in [-0.1, -0.05) is 13.8 Å². The molecule has 0 aromatic carbocycles. The smallest absolute Gasteiger partial charge is 0.320 e. The molecular formula is C10H22N2O2. The topological polar surface area (TPSA) is 66.6 Å². The second-order valence-electron chi connectivity index (χ2n) is 4.22. The zero-order chi connectivity index (χ0) is 11.1. The number of hydrogen-bond donors (Lipinski definition) is 2. The molecule has 0 bridgehead atoms. The molecule has 1 unspecified atom stereocenters. The Morgan fingerprint density at radius 2 is 1.86 bits per heavy atom. The largest absolute Gasteiger partial charge is 0.480 e. The SMILES string of the molecule is CC(C)CCN(C)CCC(N)C(=O)O. The van der Waals surface area contributed by atoms with E-state index in [1.165, 1.54) is 0 Å². The van der Waals surface area contributed by atoms with Crippen molar-refractivity contribution in [2.24, 2.45) is 11.7 Å². The van der Waals surface area contributed by atoms with Crippen molar-refractivity contribution in [3.8, 4) is 0 Å². The number of rotatable bonds is 7. The summed E-state index contributed by atoms with van der Waals surface area (Å²) in [6.07, 6.45) is 1.66. The number of carboxylic acids is 1. The van der Waals surface area contributed by atoms with Crippen LogP contribution in [0.3, 0.4) is 0 Å². The first kappa shape index (κ1) is 13.4. The molecule has 1 atom stereocenters. The van der Waals surface area contributed by atoms with Crippen LogP contribution in [0, 0.1) is 5.92 Å². The molecule has 0 radical (unpaired) electrons. The summed E-state index contributed by atoms with van der Waals surface area (Å²) in [5.74, 6) is -0.229. The maximum absolute atomic E-state index is 10.4. The van der Waals surface area contributed by atoms with Crippen LogP contribution in [0.5, 0.6) is 0 Å². The van der Waals surface area contributed by atoms with E-state index in [9.17, 15) is 4.79 Å². The average Bonchev–Trinajstić information content (AvgIpc) is 2.10. The summed E-state index contributed by atoms with van der Waals surface area (Å²) in [5.41, 5.74) is 5.39. The minimum Gasteiger partial charge on any atom is -0.480 e. The number of carboxylic acid groups (broad SMARTS) is 1. The first-order chi connectivity index (χ1) is 6.43. The van der Waals surface area contributed by atoms with Crippen molar-refractivity contribution in [3.05, 3.63) is 0 Å². The molecule has 0 aromatic heterocycles. The Morgan fingerprint density at radius 1 is 1.36 bits per heavy atom. The van der Waals surface area contributed by atoms with Gasteiger partial charge in [-0.3, -0.25) is 4.79 Å². The van der Waals surface area contributed by atoms with E-state index < -0.39 is 12.0 Å². The molecular weight excluding hydrogens is 180 g/mol. The van der Waals surface area contributed by atoms with Gasteiger partial charge in [0.2, 0.25) is 0 Å². The zero-order valence-electron chi connectivity index (χ0n) is 9.36. The fourth-order valence-corrected chi connectivity index (χ4v) is 1.07. The molecule has 0 fully saturated rings. The van der Waals surface area contributed by atoms with Crippen LogP contribution >= 0.6 is 0 Å². The maximum atomic E-state index is 10.4. The van der Waals surface area contributed by atoms with Crippen LogP contribution < -0.4 is 5.73 Å². The minimum absolute atomic E-state index is 0.518. The van der Waals surface area contributed by atoms with Crippen molar-refractivity contribution >= 4 is 5.97 Å². The van der Waals surface area contributed by atoms with E-state index in [0.717, 1.165) is 19.5 Å². The summed E-state index contributed by atoms with van der Waals surface area (Å²) in [6.45, 7) is 6.11. The molecule has 0 rings (SSSR count). The van der Waals surface area contributed by atoms with Gasteiger partial charge in [0.1, 0.15) is 6.04 Å². The summed E-state index contributed by atoms with van der Waals surface area (Å²) in [4.78, 5) is 12.6. The second kappa shape index (κ2) is 6.79. The molecule has 4 heteroatoms. The molecule has 14 heavy (non-hydrogen) atoms. The Hall–Kier alpha value is -0.610. The number of nitrogens with zero attached hydrogens (tertiary/aromatic N) is 1. The van der Waals surface area contributed by atoms with Gasteiger partial charge in [0.15, 0.2) is 0 Å². The molecule has 0 amide bonds. The van der Waals surface area contributed by atoms with Gasteiger partial charge in [-0.25, -0.2) is 0 Å². The van der Waals surface area contributed by atoms with Gasteiger partial charge in [0, 0.05) is 0 Å². The minimum atomic E-state index is -0.915. The van der Waals surface area contributed by atoms with E-state index in [-0.39, 0.29) is 0 Å². The molecule has 84 valence electrons. The molecule has 0 aromatic rings. The Kier molecular flexibility index (Phi) is 6.49. The van der Waals surface area contributed by atoms with Crippen LogP contribution in [0.2, 0.25) is 0 Å². The van der Waals surface area contributed by atoms with Crippen molar-refractivity contribution in [1.82, 2.24) is 4.90 Å². The van der Waals surface area contributed by atoms with Crippen molar-refractivity contribution in [3.63, 3.8) is 0 Å². The van der Waals surface area contributed by atoms with Gasteiger partial charge in [-0.2, -0.15) is 0 Å².